The summed E-state index contributed by atoms with van der Waals surface area (Å²) in [5.41, 5.74) is -0.577. The summed E-state index contributed by atoms with van der Waals surface area (Å²) in [7, 11) is 0. The molecule has 2 heterocycles. The molecule has 22 heavy (non-hydrogen) atoms. The number of rotatable bonds is 3. The van der Waals surface area contributed by atoms with E-state index in [9.17, 15) is 9.59 Å². The molecule has 1 amide bonds. The molecule has 0 bridgehead atoms. The summed E-state index contributed by atoms with van der Waals surface area (Å²) in [6.45, 7) is 7.33. The van der Waals surface area contributed by atoms with E-state index in [1.54, 1.807) is 4.90 Å². The first kappa shape index (κ1) is 16.3. The second kappa shape index (κ2) is 6.33. The molecule has 8 nitrogen and oxygen atoms in total. The fraction of sp³-hybridized carbons (Fsp3) is 0.714. The number of carboxylic acids is 1. The fourth-order valence-electron chi connectivity index (χ4n) is 2.46. The van der Waals surface area contributed by atoms with Gasteiger partial charge in [0.1, 0.15) is 5.60 Å². The SMILES string of the molecule is CC(C)(C)OC(=O)N1CCC[C@H](Cn2cc(C(=O)O)nn2)C1. The molecule has 1 aromatic rings. The van der Waals surface area contributed by atoms with Gasteiger partial charge in [0.05, 0.1) is 6.20 Å². The van der Waals surface area contributed by atoms with E-state index in [2.05, 4.69) is 10.3 Å². The smallest absolute Gasteiger partial charge is 0.410 e. The number of aromatic nitrogens is 3. The second-order valence-corrected chi connectivity index (χ2v) is 6.57. The number of ether oxygens (including phenoxy) is 1. The zero-order chi connectivity index (χ0) is 16.3. The minimum Gasteiger partial charge on any atom is -0.476 e. The van der Waals surface area contributed by atoms with Gasteiger partial charge in [-0.1, -0.05) is 5.21 Å². The lowest BCUT2D eigenvalue weighted by Gasteiger charge is -2.34. The largest absolute Gasteiger partial charge is 0.476 e. The Balaban J connectivity index is 1.92. The Morgan fingerprint density at radius 3 is 2.77 bits per heavy atom. The molecule has 0 radical (unpaired) electrons. The quantitative estimate of drug-likeness (QED) is 0.911. The molecule has 1 fully saturated rings. The van der Waals surface area contributed by atoms with Crippen molar-refractivity contribution in [3.8, 4) is 0 Å². The first-order valence-corrected chi connectivity index (χ1v) is 7.36. The lowest BCUT2D eigenvalue weighted by Crippen LogP contribution is -2.43. The highest BCUT2D eigenvalue weighted by atomic mass is 16.6. The topological polar surface area (TPSA) is 97.5 Å². The predicted octanol–water partition coefficient (Wildman–Crippen LogP) is 1.62. The van der Waals surface area contributed by atoms with Crippen molar-refractivity contribution in [2.24, 2.45) is 5.92 Å². The van der Waals surface area contributed by atoms with Crippen LogP contribution in [0.2, 0.25) is 0 Å². The molecular formula is C14H22N4O4. The van der Waals surface area contributed by atoms with Crippen molar-refractivity contribution in [1.82, 2.24) is 19.9 Å². The molecule has 0 saturated carbocycles. The van der Waals surface area contributed by atoms with Gasteiger partial charge >= 0.3 is 12.1 Å². The van der Waals surface area contributed by atoms with Crippen LogP contribution < -0.4 is 0 Å². The molecule has 122 valence electrons. The summed E-state index contributed by atoms with van der Waals surface area (Å²) in [6.07, 6.45) is 2.96. The molecule has 1 N–H and O–H groups in total. The lowest BCUT2D eigenvalue weighted by atomic mass is 9.98. The van der Waals surface area contributed by atoms with Crippen LogP contribution in [0.1, 0.15) is 44.1 Å². The van der Waals surface area contributed by atoms with Gasteiger partial charge in [-0.05, 0) is 39.5 Å². The Kier molecular flexibility index (Phi) is 4.68. The van der Waals surface area contributed by atoms with Gasteiger partial charge in [-0.3, -0.25) is 4.68 Å². The third kappa shape index (κ3) is 4.44. The standard InChI is InChI=1S/C14H22N4O4/c1-14(2,3)22-13(21)17-6-4-5-10(7-17)8-18-9-11(12(19)20)15-16-18/h9-10H,4-8H2,1-3H3,(H,19,20)/t10-/m0/s1. The molecule has 0 aliphatic carbocycles. The molecule has 0 aromatic carbocycles. The average molecular weight is 310 g/mol. The van der Waals surface area contributed by atoms with Crippen LogP contribution in [-0.4, -0.2) is 55.8 Å². The molecule has 1 aliphatic rings. The Labute approximate surface area is 129 Å². The predicted molar refractivity (Wildman–Crippen MR) is 77.5 cm³/mol. The van der Waals surface area contributed by atoms with Crippen LogP contribution in [0, 0.1) is 5.92 Å². The van der Waals surface area contributed by atoms with Crippen LogP contribution in [0.25, 0.3) is 0 Å². The van der Waals surface area contributed by atoms with Crippen molar-refractivity contribution in [3.63, 3.8) is 0 Å². The van der Waals surface area contributed by atoms with Crippen molar-refractivity contribution in [2.75, 3.05) is 13.1 Å². The summed E-state index contributed by atoms with van der Waals surface area (Å²) in [5.74, 6) is -0.880. The van der Waals surface area contributed by atoms with E-state index in [0.29, 0.717) is 19.6 Å². The normalized spacial score (nSPS) is 19.0. The number of carbonyl (C=O) groups excluding carboxylic acids is 1. The minimum atomic E-state index is -1.09. The maximum atomic E-state index is 12.1. The number of aromatic carboxylic acids is 1. The van der Waals surface area contributed by atoms with Crippen molar-refractivity contribution in [3.05, 3.63) is 11.9 Å². The molecule has 1 saturated heterocycles. The zero-order valence-corrected chi connectivity index (χ0v) is 13.2. The third-order valence-electron chi connectivity index (χ3n) is 3.37. The lowest BCUT2D eigenvalue weighted by molar-refractivity contribution is 0.0155. The highest BCUT2D eigenvalue weighted by Crippen LogP contribution is 2.20. The van der Waals surface area contributed by atoms with Gasteiger partial charge < -0.3 is 14.7 Å². The number of carboxylic acid groups (broad SMARTS) is 1. The number of hydrogen-bond acceptors (Lipinski definition) is 5. The Morgan fingerprint density at radius 1 is 1.45 bits per heavy atom. The van der Waals surface area contributed by atoms with Gasteiger partial charge in [0.25, 0.3) is 0 Å². The Hall–Kier alpha value is -2.12. The van der Waals surface area contributed by atoms with Crippen LogP contribution in [0.3, 0.4) is 0 Å². The van der Waals surface area contributed by atoms with Gasteiger partial charge in [0.2, 0.25) is 0 Å². The van der Waals surface area contributed by atoms with Crippen LogP contribution in [0.5, 0.6) is 0 Å². The van der Waals surface area contributed by atoms with Crippen LogP contribution in [-0.2, 0) is 11.3 Å². The van der Waals surface area contributed by atoms with Gasteiger partial charge in [-0.2, -0.15) is 0 Å². The summed E-state index contributed by atoms with van der Waals surface area (Å²) < 4.78 is 6.91. The maximum Gasteiger partial charge on any atom is 0.410 e. The minimum absolute atomic E-state index is 0.0696. The second-order valence-electron chi connectivity index (χ2n) is 6.57. The zero-order valence-electron chi connectivity index (χ0n) is 13.2. The number of carbonyl (C=O) groups is 2. The molecule has 0 spiro atoms. The number of piperidine rings is 1. The Bertz CT molecular complexity index is 549. The summed E-state index contributed by atoms with van der Waals surface area (Å²) >= 11 is 0. The van der Waals surface area contributed by atoms with E-state index in [1.165, 1.54) is 10.9 Å². The van der Waals surface area contributed by atoms with E-state index in [1.807, 2.05) is 20.8 Å². The van der Waals surface area contributed by atoms with E-state index in [4.69, 9.17) is 9.84 Å². The summed E-state index contributed by atoms with van der Waals surface area (Å²) in [5, 5.41) is 16.2. The van der Waals surface area contributed by atoms with Gasteiger partial charge in [-0.25, -0.2) is 9.59 Å². The first-order chi connectivity index (χ1) is 10.2. The monoisotopic (exact) mass is 310 g/mol. The summed E-state index contributed by atoms with van der Waals surface area (Å²) in [6, 6.07) is 0. The van der Waals surface area contributed by atoms with Gasteiger partial charge in [0, 0.05) is 19.6 Å². The van der Waals surface area contributed by atoms with E-state index in [-0.39, 0.29) is 17.7 Å². The number of nitrogens with zero attached hydrogens (tertiary/aromatic N) is 4. The highest BCUT2D eigenvalue weighted by Gasteiger charge is 2.28. The number of hydrogen-bond donors (Lipinski definition) is 1. The average Bonchev–Trinajstić information content (AvgIpc) is 2.86. The van der Waals surface area contributed by atoms with Crippen molar-refractivity contribution < 1.29 is 19.4 Å². The molecule has 1 aliphatic heterocycles. The third-order valence-corrected chi connectivity index (χ3v) is 3.37. The first-order valence-electron chi connectivity index (χ1n) is 7.36. The molecule has 1 aromatic heterocycles. The number of amides is 1. The van der Waals surface area contributed by atoms with E-state index >= 15 is 0 Å². The number of likely N-dealkylation sites (tertiary alicyclic amines) is 1. The van der Waals surface area contributed by atoms with E-state index in [0.717, 1.165) is 12.8 Å². The van der Waals surface area contributed by atoms with Crippen molar-refractivity contribution >= 4 is 12.1 Å². The van der Waals surface area contributed by atoms with E-state index < -0.39 is 11.6 Å². The Morgan fingerprint density at radius 2 is 2.18 bits per heavy atom. The van der Waals surface area contributed by atoms with Crippen LogP contribution in [0.15, 0.2) is 6.20 Å². The molecule has 2 rings (SSSR count). The highest BCUT2D eigenvalue weighted by molar-refractivity contribution is 5.84. The fourth-order valence-corrected chi connectivity index (χ4v) is 2.46. The molecule has 0 unspecified atom stereocenters. The van der Waals surface area contributed by atoms with Gasteiger partial charge in [0.15, 0.2) is 5.69 Å². The van der Waals surface area contributed by atoms with Crippen LogP contribution >= 0.6 is 0 Å². The van der Waals surface area contributed by atoms with Crippen LogP contribution in [0.4, 0.5) is 4.79 Å². The van der Waals surface area contributed by atoms with Crippen molar-refractivity contribution in [2.45, 2.75) is 45.8 Å². The molecule has 1 atom stereocenters. The molecular weight excluding hydrogens is 288 g/mol. The maximum absolute atomic E-state index is 12.1. The van der Waals surface area contributed by atoms with Crippen molar-refractivity contribution in [1.29, 1.82) is 0 Å². The summed E-state index contributed by atoms with van der Waals surface area (Å²) in [4.78, 5) is 24.6. The van der Waals surface area contributed by atoms with Gasteiger partial charge in [-0.15, -0.1) is 5.10 Å². The molecule has 8 heteroatoms.